The van der Waals surface area contributed by atoms with E-state index in [-0.39, 0.29) is 23.1 Å². The fraction of sp³-hybridized carbons (Fsp3) is 0.462. The van der Waals surface area contributed by atoms with Gasteiger partial charge in [-0.1, -0.05) is 18.9 Å². The molecule has 0 aromatic heterocycles. The Morgan fingerprint density at radius 3 is 2.60 bits per heavy atom. The summed E-state index contributed by atoms with van der Waals surface area (Å²) in [6.07, 6.45) is 4.05. The molecule has 0 bridgehead atoms. The van der Waals surface area contributed by atoms with Crippen LogP contribution in [0.4, 0.5) is 4.39 Å². The first kappa shape index (κ1) is 10.3. The van der Waals surface area contributed by atoms with E-state index in [1.54, 1.807) is 12.1 Å². The van der Waals surface area contributed by atoms with Crippen molar-refractivity contribution in [1.82, 2.24) is 0 Å². The summed E-state index contributed by atoms with van der Waals surface area (Å²) in [5.41, 5.74) is 1.13. The summed E-state index contributed by atoms with van der Waals surface area (Å²) in [5.74, 6) is -0.320. The number of benzene rings is 1. The topological polar surface area (TPSA) is 17.1 Å². The quantitative estimate of drug-likeness (QED) is 0.677. The van der Waals surface area contributed by atoms with Gasteiger partial charge in [0.2, 0.25) is 0 Å². The second-order valence-corrected chi connectivity index (χ2v) is 4.33. The summed E-state index contributed by atoms with van der Waals surface area (Å²) in [6.45, 7) is 1.83. The fourth-order valence-corrected chi connectivity index (χ4v) is 2.23. The Kier molecular flexibility index (Phi) is 2.85. The number of Topliss-reactive ketones (excluding diaryl/α,β-unsaturated/α-hetero) is 1. The molecule has 0 amide bonds. The van der Waals surface area contributed by atoms with E-state index >= 15 is 0 Å². The van der Waals surface area contributed by atoms with Gasteiger partial charge in [0.05, 0.1) is 5.56 Å². The van der Waals surface area contributed by atoms with Gasteiger partial charge >= 0.3 is 0 Å². The lowest BCUT2D eigenvalue weighted by molar-refractivity contribution is 0.0918. The first-order chi connectivity index (χ1) is 7.18. The highest BCUT2D eigenvalue weighted by Crippen LogP contribution is 2.28. The van der Waals surface area contributed by atoms with Crippen LogP contribution in [0.25, 0.3) is 0 Å². The second kappa shape index (κ2) is 4.13. The van der Waals surface area contributed by atoms with Gasteiger partial charge in [0.15, 0.2) is 5.78 Å². The monoisotopic (exact) mass is 206 g/mol. The van der Waals surface area contributed by atoms with E-state index in [1.165, 1.54) is 6.07 Å². The van der Waals surface area contributed by atoms with E-state index in [0.29, 0.717) is 0 Å². The molecule has 1 aromatic carbocycles. The molecule has 0 atom stereocenters. The summed E-state index contributed by atoms with van der Waals surface area (Å²) in [5, 5.41) is 0. The Bertz CT molecular complexity index is 378. The predicted octanol–water partition coefficient (Wildman–Crippen LogP) is 3.51. The van der Waals surface area contributed by atoms with Gasteiger partial charge in [-0.15, -0.1) is 0 Å². The molecule has 15 heavy (non-hydrogen) atoms. The lowest BCUT2D eigenvalue weighted by Gasteiger charge is -2.08. The lowest BCUT2D eigenvalue weighted by Crippen LogP contribution is -2.12. The van der Waals surface area contributed by atoms with E-state index in [0.717, 1.165) is 31.2 Å². The minimum absolute atomic E-state index is 0.00926. The van der Waals surface area contributed by atoms with Gasteiger partial charge in [-0.3, -0.25) is 4.79 Å². The van der Waals surface area contributed by atoms with Crippen molar-refractivity contribution >= 4 is 5.78 Å². The molecule has 2 rings (SSSR count). The number of halogens is 1. The molecule has 0 saturated heterocycles. The first-order valence-corrected chi connectivity index (χ1v) is 5.49. The summed E-state index contributed by atoms with van der Waals surface area (Å²) in [6, 6.07) is 4.85. The predicted molar refractivity (Wildman–Crippen MR) is 57.4 cm³/mol. The van der Waals surface area contributed by atoms with Crippen molar-refractivity contribution in [2.45, 2.75) is 32.6 Å². The van der Waals surface area contributed by atoms with Gasteiger partial charge in [-0.25, -0.2) is 4.39 Å². The molecule has 0 radical (unpaired) electrons. The molecule has 1 fully saturated rings. The van der Waals surface area contributed by atoms with Crippen molar-refractivity contribution in [3.8, 4) is 0 Å². The van der Waals surface area contributed by atoms with Gasteiger partial charge in [0.1, 0.15) is 5.82 Å². The Hall–Kier alpha value is -1.18. The van der Waals surface area contributed by atoms with Crippen LogP contribution in [0.5, 0.6) is 0 Å². The summed E-state index contributed by atoms with van der Waals surface area (Å²) < 4.78 is 13.5. The average molecular weight is 206 g/mol. The highest BCUT2D eigenvalue weighted by molar-refractivity contribution is 5.98. The second-order valence-electron chi connectivity index (χ2n) is 4.33. The van der Waals surface area contributed by atoms with Crippen LogP contribution in [-0.2, 0) is 0 Å². The maximum atomic E-state index is 13.5. The molecule has 1 aromatic rings. The van der Waals surface area contributed by atoms with Crippen molar-refractivity contribution in [2.75, 3.05) is 0 Å². The molecule has 1 nitrogen and oxygen atoms in total. The minimum atomic E-state index is -0.369. The standard InChI is InChI=1S/C13H15FO/c1-9-6-7-11(12(14)8-9)13(15)10-4-2-3-5-10/h6-8,10H,2-5H2,1H3. The average Bonchev–Trinajstić information content (AvgIpc) is 2.69. The van der Waals surface area contributed by atoms with Crippen LogP contribution < -0.4 is 0 Å². The van der Waals surface area contributed by atoms with Crippen LogP contribution in [0.15, 0.2) is 18.2 Å². The summed E-state index contributed by atoms with van der Waals surface area (Å²) in [7, 11) is 0. The maximum Gasteiger partial charge on any atom is 0.168 e. The highest BCUT2D eigenvalue weighted by Gasteiger charge is 2.25. The molecule has 1 aliphatic carbocycles. The van der Waals surface area contributed by atoms with E-state index in [9.17, 15) is 9.18 Å². The van der Waals surface area contributed by atoms with Crippen LogP contribution in [0, 0.1) is 18.7 Å². The van der Waals surface area contributed by atoms with Gasteiger partial charge in [-0.05, 0) is 37.5 Å². The van der Waals surface area contributed by atoms with Crippen LogP contribution in [0.1, 0.15) is 41.6 Å². The molecule has 1 aliphatic rings. The molecular weight excluding hydrogens is 191 g/mol. The normalized spacial score (nSPS) is 16.9. The molecule has 0 aliphatic heterocycles. The van der Waals surface area contributed by atoms with Crippen LogP contribution in [0.2, 0.25) is 0 Å². The zero-order chi connectivity index (χ0) is 10.8. The smallest absolute Gasteiger partial charge is 0.168 e. The number of carbonyl (C=O) groups is 1. The van der Waals surface area contributed by atoms with Crippen LogP contribution >= 0.6 is 0 Å². The minimum Gasteiger partial charge on any atom is -0.294 e. The fourth-order valence-electron chi connectivity index (χ4n) is 2.23. The third-order valence-corrected chi connectivity index (χ3v) is 3.12. The molecular formula is C13H15FO. The first-order valence-electron chi connectivity index (χ1n) is 5.49. The summed E-state index contributed by atoms with van der Waals surface area (Å²) >= 11 is 0. The van der Waals surface area contributed by atoms with Crippen molar-refractivity contribution in [2.24, 2.45) is 5.92 Å². The van der Waals surface area contributed by atoms with Gasteiger partial charge in [0, 0.05) is 5.92 Å². The largest absolute Gasteiger partial charge is 0.294 e. The maximum absolute atomic E-state index is 13.5. The number of rotatable bonds is 2. The Labute approximate surface area is 89.3 Å². The molecule has 1 saturated carbocycles. The van der Waals surface area contributed by atoms with Crippen molar-refractivity contribution in [3.63, 3.8) is 0 Å². The zero-order valence-electron chi connectivity index (χ0n) is 8.92. The summed E-state index contributed by atoms with van der Waals surface area (Å²) in [4.78, 5) is 11.9. The van der Waals surface area contributed by atoms with Crippen molar-refractivity contribution in [1.29, 1.82) is 0 Å². The van der Waals surface area contributed by atoms with Gasteiger partial charge < -0.3 is 0 Å². The molecule has 0 N–H and O–H groups in total. The SMILES string of the molecule is Cc1ccc(C(=O)C2CCCC2)c(F)c1. The van der Waals surface area contributed by atoms with E-state index < -0.39 is 0 Å². The Balaban J connectivity index is 2.24. The van der Waals surface area contributed by atoms with Gasteiger partial charge in [-0.2, -0.15) is 0 Å². The number of hydrogen-bond acceptors (Lipinski definition) is 1. The Morgan fingerprint density at radius 2 is 2.00 bits per heavy atom. The molecule has 0 heterocycles. The number of ketones is 1. The zero-order valence-corrected chi connectivity index (χ0v) is 8.92. The van der Waals surface area contributed by atoms with E-state index in [1.807, 2.05) is 6.92 Å². The number of aryl methyl sites for hydroxylation is 1. The Morgan fingerprint density at radius 1 is 1.33 bits per heavy atom. The van der Waals surface area contributed by atoms with Crippen LogP contribution in [0.3, 0.4) is 0 Å². The molecule has 0 spiro atoms. The van der Waals surface area contributed by atoms with Crippen molar-refractivity contribution < 1.29 is 9.18 Å². The molecule has 80 valence electrons. The van der Waals surface area contributed by atoms with Crippen molar-refractivity contribution in [3.05, 3.63) is 35.1 Å². The number of hydrogen-bond donors (Lipinski definition) is 0. The molecule has 0 unspecified atom stereocenters. The lowest BCUT2D eigenvalue weighted by atomic mass is 9.95. The van der Waals surface area contributed by atoms with E-state index in [4.69, 9.17) is 0 Å². The van der Waals surface area contributed by atoms with Crippen LogP contribution in [-0.4, -0.2) is 5.78 Å². The molecule has 2 heteroatoms. The third kappa shape index (κ3) is 2.09. The van der Waals surface area contributed by atoms with E-state index in [2.05, 4.69) is 0 Å². The number of carbonyl (C=O) groups excluding carboxylic acids is 1. The third-order valence-electron chi connectivity index (χ3n) is 3.12. The highest BCUT2D eigenvalue weighted by atomic mass is 19.1. The van der Waals surface area contributed by atoms with Gasteiger partial charge in [0.25, 0.3) is 0 Å².